The summed E-state index contributed by atoms with van der Waals surface area (Å²) in [5, 5.41) is 3.39. The Kier molecular flexibility index (Phi) is 4.54. The quantitative estimate of drug-likeness (QED) is 0.459. The van der Waals surface area contributed by atoms with Crippen LogP contribution in [-0.4, -0.2) is 42.7 Å². The Morgan fingerprint density at radius 1 is 1.32 bits per heavy atom. The fraction of sp³-hybridized carbons (Fsp3) is 0.278. The van der Waals surface area contributed by atoms with Crippen LogP contribution in [0.2, 0.25) is 0 Å². The van der Waals surface area contributed by atoms with Gasteiger partial charge in [0.2, 0.25) is 0 Å². The van der Waals surface area contributed by atoms with Crippen LogP contribution in [0.25, 0.3) is 10.4 Å². The predicted molar refractivity (Wildman–Crippen MR) is 97.6 cm³/mol. The van der Waals surface area contributed by atoms with Gasteiger partial charge in [0.05, 0.1) is 24.5 Å². The minimum Gasteiger partial charge on any atom is -0.444 e. The van der Waals surface area contributed by atoms with Gasteiger partial charge >= 0.3 is 6.09 Å². The maximum atomic E-state index is 14.8. The van der Waals surface area contributed by atoms with Crippen molar-refractivity contribution in [1.29, 1.82) is 0 Å². The number of amides is 2. The number of aromatic nitrogens is 1. The first-order valence-electron chi connectivity index (χ1n) is 8.62. The number of azide groups is 1. The van der Waals surface area contributed by atoms with E-state index in [-0.39, 0.29) is 24.7 Å². The van der Waals surface area contributed by atoms with E-state index in [0.29, 0.717) is 24.2 Å². The van der Waals surface area contributed by atoms with Crippen molar-refractivity contribution in [3.63, 3.8) is 0 Å². The summed E-state index contributed by atoms with van der Waals surface area (Å²) >= 11 is 0. The third kappa shape index (κ3) is 3.10. The molecule has 2 amide bonds. The maximum Gasteiger partial charge on any atom is 0.414 e. The Morgan fingerprint density at radius 2 is 2.18 bits per heavy atom. The number of hydrogen-bond acceptors (Lipinski definition) is 5. The summed E-state index contributed by atoms with van der Waals surface area (Å²) < 4.78 is 19.9. The minimum absolute atomic E-state index is 0.00977. The SMILES string of the molecule is [N-]=[N+]=NCC1CN(c2ccc(N3CCc4cnccc4C3=O)c(F)c2)C(=O)O1. The lowest BCUT2D eigenvalue weighted by Crippen LogP contribution is -2.38. The normalized spacial score (nSPS) is 18.5. The number of pyridine rings is 1. The second-order valence-electron chi connectivity index (χ2n) is 6.41. The van der Waals surface area contributed by atoms with E-state index in [9.17, 15) is 14.0 Å². The standard InChI is InChI=1S/C18H15FN6O3/c19-15-7-12(25-10-13(9-22-23-20)28-18(25)27)1-2-16(15)24-6-4-11-8-21-5-3-14(11)17(24)26/h1-3,5,7-8,13H,4,6,9-10H2. The molecule has 4 rings (SSSR count). The summed E-state index contributed by atoms with van der Waals surface area (Å²) in [5.41, 5.74) is 10.2. The number of anilines is 2. The molecular formula is C18H15FN6O3. The van der Waals surface area contributed by atoms with Crippen molar-refractivity contribution in [2.45, 2.75) is 12.5 Å². The highest BCUT2D eigenvalue weighted by Crippen LogP contribution is 2.30. The fourth-order valence-electron chi connectivity index (χ4n) is 3.38. The van der Waals surface area contributed by atoms with E-state index in [1.807, 2.05) is 0 Å². The van der Waals surface area contributed by atoms with Gasteiger partial charge in [0.1, 0.15) is 11.9 Å². The Morgan fingerprint density at radius 3 is 2.96 bits per heavy atom. The number of nitrogens with zero attached hydrogens (tertiary/aromatic N) is 6. The lowest BCUT2D eigenvalue weighted by Gasteiger charge is -2.29. The van der Waals surface area contributed by atoms with E-state index in [4.69, 9.17) is 10.3 Å². The molecule has 28 heavy (non-hydrogen) atoms. The van der Waals surface area contributed by atoms with Gasteiger partial charge < -0.3 is 9.64 Å². The molecular weight excluding hydrogens is 367 g/mol. The van der Waals surface area contributed by atoms with Crippen LogP contribution in [0.5, 0.6) is 0 Å². The molecule has 1 unspecified atom stereocenters. The first-order chi connectivity index (χ1) is 13.6. The van der Waals surface area contributed by atoms with Crippen LogP contribution in [0.3, 0.4) is 0 Å². The highest BCUT2D eigenvalue weighted by molar-refractivity contribution is 6.08. The molecule has 1 saturated heterocycles. The van der Waals surface area contributed by atoms with Gasteiger partial charge in [-0.2, -0.15) is 0 Å². The molecule has 2 aliphatic rings. The third-order valence-electron chi connectivity index (χ3n) is 4.74. The van der Waals surface area contributed by atoms with Crippen molar-refractivity contribution < 1.29 is 18.7 Å². The highest BCUT2D eigenvalue weighted by atomic mass is 19.1. The van der Waals surface area contributed by atoms with E-state index in [1.54, 1.807) is 18.3 Å². The summed E-state index contributed by atoms with van der Waals surface area (Å²) in [6, 6.07) is 5.86. The molecule has 3 heterocycles. The number of cyclic esters (lactones) is 1. The van der Waals surface area contributed by atoms with Gasteiger partial charge in [-0.15, -0.1) is 0 Å². The molecule has 1 aromatic heterocycles. The van der Waals surface area contributed by atoms with Crippen molar-refractivity contribution in [2.75, 3.05) is 29.4 Å². The summed E-state index contributed by atoms with van der Waals surface area (Å²) in [6.07, 6.45) is 2.54. The maximum absolute atomic E-state index is 14.8. The number of halogens is 1. The number of carbonyl (C=O) groups is 2. The fourth-order valence-corrected chi connectivity index (χ4v) is 3.38. The third-order valence-corrected chi connectivity index (χ3v) is 4.74. The zero-order valence-corrected chi connectivity index (χ0v) is 14.7. The molecule has 0 aliphatic carbocycles. The Balaban J connectivity index is 1.57. The van der Waals surface area contributed by atoms with Crippen molar-refractivity contribution in [2.24, 2.45) is 5.11 Å². The summed E-state index contributed by atoms with van der Waals surface area (Å²) in [4.78, 5) is 34.0. The smallest absolute Gasteiger partial charge is 0.414 e. The molecule has 10 heteroatoms. The van der Waals surface area contributed by atoms with Gasteiger partial charge in [-0.05, 0) is 41.8 Å². The highest BCUT2D eigenvalue weighted by Gasteiger charge is 2.33. The monoisotopic (exact) mass is 382 g/mol. The van der Waals surface area contributed by atoms with Gasteiger partial charge in [-0.3, -0.25) is 14.7 Å². The number of ether oxygens (including phenoxy) is 1. The molecule has 1 aromatic carbocycles. The van der Waals surface area contributed by atoms with Crippen molar-refractivity contribution >= 4 is 23.4 Å². The van der Waals surface area contributed by atoms with Crippen LogP contribution in [0, 0.1) is 5.82 Å². The van der Waals surface area contributed by atoms with Gasteiger partial charge in [-0.1, -0.05) is 5.11 Å². The zero-order valence-electron chi connectivity index (χ0n) is 14.7. The second-order valence-corrected chi connectivity index (χ2v) is 6.41. The van der Waals surface area contributed by atoms with E-state index in [1.165, 1.54) is 28.1 Å². The van der Waals surface area contributed by atoms with E-state index < -0.39 is 18.0 Å². The first kappa shape index (κ1) is 17.7. The second kappa shape index (κ2) is 7.16. The number of carbonyl (C=O) groups excluding carboxylic acids is 2. The number of fused-ring (bicyclic) bond motifs is 1. The van der Waals surface area contributed by atoms with Crippen LogP contribution < -0.4 is 9.80 Å². The summed E-state index contributed by atoms with van der Waals surface area (Å²) in [5.74, 6) is -0.903. The van der Waals surface area contributed by atoms with E-state index in [0.717, 1.165) is 5.56 Å². The molecule has 0 radical (unpaired) electrons. The van der Waals surface area contributed by atoms with Crippen molar-refractivity contribution in [3.8, 4) is 0 Å². The minimum atomic E-state index is -0.638. The zero-order chi connectivity index (χ0) is 19.7. The first-order valence-corrected chi connectivity index (χ1v) is 8.62. The lowest BCUT2D eigenvalue weighted by molar-refractivity contribution is 0.0979. The van der Waals surface area contributed by atoms with E-state index in [2.05, 4.69) is 15.0 Å². The van der Waals surface area contributed by atoms with Crippen LogP contribution >= 0.6 is 0 Å². The molecule has 9 nitrogen and oxygen atoms in total. The van der Waals surface area contributed by atoms with E-state index >= 15 is 0 Å². The van der Waals surface area contributed by atoms with Crippen molar-refractivity contribution in [3.05, 3.63) is 64.0 Å². The van der Waals surface area contributed by atoms with Gasteiger partial charge in [0, 0.05) is 29.4 Å². The van der Waals surface area contributed by atoms with Gasteiger partial charge in [0.15, 0.2) is 0 Å². The summed E-state index contributed by atoms with van der Waals surface area (Å²) in [6.45, 7) is 0.503. The molecule has 1 fully saturated rings. The number of hydrogen-bond donors (Lipinski definition) is 0. The molecule has 0 N–H and O–H groups in total. The molecule has 1 atom stereocenters. The van der Waals surface area contributed by atoms with Crippen LogP contribution in [-0.2, 0) is 11.2 Å². The molecule has 142 valence electrons. The molecule has 0 spiro atoms. The lowest BCUT2D eigenvalue weighted by atomic mass is 10.0. The number of rotatable bonds is 4. The predicted octanol–water partition coefficient (Wildman–Crippen LogP) is 3.06. The Labute approximate surface area is 159 Å². The van der Waals surface area contributed by atoms with Gasteiger partial charge in [-0.25, -0.2) is 9.18 Å². The molecule has 2 aliphatic heterocycles. The van der Waals surface area contributed by atoms with Crippen LogP contribution in [0.1, 0.15) is 15.9 Å². The van der Waals surface area contributed by atoms with Crippen LogP contribution in [0.4, 0.5) is 20.6 Å². The Bertz CT molecular complexity index is 1010. The molecule has 0 bridgehead atoms. The average molecular weight is 382 g/mol. The van der Waals surface area contributed by atoms with Gasteiger partial charge in [0.25, 0.3) is 5.91 Å². The van der Waals surface area contributed by atoms with Crippen LogP contribution in [0.15, 0.2) is 41.8 Å². The van der Waals surface area contributed by atoms with Crippen molar-refractivity contribution in [1.82, 2.24) is 4.98 Å². The number of benzene rings is 1. The average Bonchev–Trinajstić information content (AvgIpc) is 3.08. The topological polar surface area (TPSA) is 112 Å². The molecule has 2 aromatic rings. The summed E-state index contributed by atoms with van der Waals surface area (Å²) in [7, 11) is 0. The largest absolute Gasteiger partial charge is 0.444 e. The molecule has 0 saturated carbocycles. The Hall–Kier alpha value is -3.65.